The number of ether oxygens (including phenoxy) is 1. The fourth-order valence-electron chi connectivity index (χ4n) is 7.56. The molecule has 2 aliphatic carbocycles. The summed E-state index contributed by atoms with van der Waals surface area (Å²) in [5.41, 5.74) is 3.87. The van der Waals surface area contributed by atoms with E-state index in [4.69, 9.17) is 4.74 Å². The van der Waals surface area contributed by atoms with Crippen LogP contribution in [0.2, 0.25) is 0 Å². The van der Waals surface area contributed by atoms with E-state index < -0.39 is 5.97 Å². The standard InChI is InChI=1S/C26H47N5O3/c32-24(33)19-34-23-10-9-20-6-4-12-27-25(20)26(23)30-14-5-13-29(16-17-30)18-21-11-15-31(28-21)22-7-2-1-3-8-22/h20-23,25-28H,1-19H2,(H,32,33). The van der Waals surface area contributed by atoms with Crippen LogP contribution in [0, 0.1) is 5.92 Å². The number of hydrogen-bond acceptors (Lipinski definition) is 7. The van der Waals surface area contributed by atoms with E-state index in [1.807, 2.05) is 0 Å². The quantitative estimate of drug-likeness (QED) is 0.513. The molecule has 5 fully saturated rings. The highest BCUT2D eigenvalue weighted by Gasteiger charge is 2.44. The van der Waals surface area contributed by atoms with Crippen LogP contribution in [-0.2, 0) is 9.53 Å². The lowest BCUT2D eigenvalue weighted by atomic mass is 9.74. The van der Waals surface area contributed by atoms with E-state index >= 15 is 0 Å². The Bertz CT molecular complexity index is 660. The molecule has 2 saturated carbocycles. The summed E-state index contributed by atoms with van der Waals surface area (Å²) < 4.78 is 5.99. The minimum Gasteiger partial charge on any atom is -0.480 e. The third kappa shape index (κ3) is 6.13. The second-order valence-electron chi connectivity index (χ2n) is 11.5. The largest absolute Gasteiger partial charge is 0.480 e. The predicted molar refractivity (Wildman–Crippen MR) is 133 cm³/mol. The maximum absolute atomic E-state index is 11.2. The minimum atomic E-state index is -0.856. The van der Waals surface area contributed by atoms with Crippen LogP contribution in [0.4, 0.5) is 0 Å². The van der Waals surface area contributed by atoms with Gasteiger partial charge in [-0.15, -0.1) is 0 Å². The second-order valence-corrected chi connectivity index (χ2v) is 11.5. The summed E-state index contributed by atoms with van der Waals surface area (Å²) in [6.07, 6.45) is 14.1. The van der Waals surface area contributed by atoms with Crippen molar-refractivity contribution in [2.75, 3.05) is 52.4 Å². The van der Waals surface area contributed by atoms with E-state index in [-0.39, 0.29) is 12.7 Å². The Morgan fingerprint density at radius 3 is 2.62 bits per heavy atom. The molecule has 0 aromatic heterocycles. The molecule has 5 atom stereocenters. The minimum absolute atomic E-state index is 0.0232. The number of fused-ring (bicyclic) bond motifs is 1. The third-order valence-electron chi connectivity index (χ3n) is 9.24. The van der Waals surface area contributed by atoms with Gasteiger partial charge in [-0.3, -0.25) is 10.3 Å². The fraction of sp³-hybridized carbons (Fsp3) is 0.962. The van der Waals surface area contributed by atoms with Crippen LogP contribution in [-0.4, -0.2) is 109 Å². The summed E-state index contributed by atoms with van der Waals surface area (Å²) in [6.45, 7) is 7.65. The van der Waals surface area contributed by atoms with Gasteiger partial charge in [0, 0.05) is 44.3 Å². The SMILES string of the molecule is O=C(O)COC1CCC2CCCNC2C1N1CCCN(CC2CCN(C3CCCCC3)N2)CC1. The van der Waals surface area contributed by atoms with Crippen molar-refractivity contribution in [3.63, 3.8) is 0 Å². The zero-order chi connectivity index (χ0) is 23.3. The van der Waals surface area contributed by atoms with E-state index in [2.05, 4.69) is 25.6 Å². The number of carbonyl (C=O) groups is 1. The number of hydrogen-bond donors (Lipinski definition) is 3. The van der Waals surface area contributed by atoms with Crippen LogP contribution >= 0.6 is 0 Å². The molecule has 8 nitrogen and oxygen atoms in total. The molecule has 5 rings (SSSR count). The highest BCUT2D eigenvalue weighted by atomic mass is 16.5. The average Bonchev–Trinajstić information content (AvgIpc) is 3.21. The van der Waals surface area contributed by atoms with Crippen molar-refractivity contribution in [2.45, 2.75) is 101 Å². The molecule has 5 aliphatic rings. The first-order valence-corrected chi connectivity index (χ1v) is 14.2. The molecule has 5 unspecified atom stereocenters. The fourth-order valence-corrected chi connectivity index (χ4v) is 7.56. The third-order valence-corrected chi connectivity index (χ3v) is 9.24. The van der Waals surface area contributed by atoms with Crippen molar-refractivity contribution in [2.24, 2.45) is 5.92 Å². The first kappa shape index (κ1) is 24.9. The summed E-state index contributed by atoms with van der Waals surface area (Å²) in [6, 6.07) is 2.07. The number of rotatable bonds is 7. The van der Waals surface area contributed by atoms with Gasteiger partial charge in [-0.05, 0) is 76.9 Å². The van der Waals surface area contributed by atoms with Gasteiger partial charge in [-0.1, -0.05) is 19.3 Å². The van der Waals surface area contributed by atoms with Gasteiger partial charge in [0.05, 0.1) is 12.1 Å². The van der Waals surface area contributed by atoms with Crippen LogP contribution in [0.15, 0.2) is 0 Å². The molecule has 3 heterocycles. The Kier molecular flexibility index (Phi) is 8.77. The zero-order valence-corrected chi connectivity index (χ0v) is 21.0. The van der Waals surface area contributed by atoms with Crippen molar-refractivity contribution < 1.29 is 14.6 Å². The predicted octanol–water partition coefficient (Wildman–Crippen LogP) is 1.91. The molecule has 0 amide bonds. The van der Waals surface area contributed by atoms with Crippen LogP contribution < -0.4 is 10.7 Å². The smallest absolute Gasteiger partial charge is 0.329 e. The van der Waals surface area contributed by atoms with Gasteiger partial charge in [-0.2, -0.15) is 0 Å². The van der Waals surface area contributed by atoms with Gasteiger partial charge in [0.1, 0.15) is 6.61 Å². The number of nitrogens with zero attached hydrogens (tertiary/aromatic N) is 3. The van der Waals surface area contributed by atoms with Crippen LogP contribution in [0.5, 0.6) is 0 Å². The molecule has 0 aromatic rings. The molecule has 0 bridgehead atoms. The Labute approximate surface area is 205 Å². The number of carboxylic acid groups (broad SMARTS) is 1. The number of hydrazine groups is 1. The highest BCUT2D eigenvalue weighted by molar-refractivity contribution is 5.68. The number of piperidine rings is 1. The van der Waals surface area contributed by atoms with Gasteiger partial charge in [0.15, 0.2) is 0 Å². The summed E-state index contributed by atoms with van der Waals surface area (Å²) in [7, 11) is 0. The van der Waals surface area contributed by atoms with E-state index in [0.717, 1.165) is 58.2 Å². The van der Waals surface area contributed by atoms with Crippen molar-refractivity contribution in [3.05, 3.63) is 0 Å². The van der Waals surface area contributed by atoms with Crippen molar-refractivity contribution in [1.29, 1.82) is 0 Å². The molecule has 0 radical (unpaired) electrons. The Hall–Kier alpha value is -0.770. The maximum atomic E-state index is 11.2. The van der Waals surface area contributed by atoms with Crippen LogP contribution in [0.3, 0.4) is 0 Å². The molecular weight excluding hydrogens is 430 g/mol. The molecule has 3 saturated heterocycles. The van der Waals surface area contributed by atoms with Crippen molar-refractivity contribution >= 4 is 5.97 Å². The molecular formula is C26H47N5O3. The van der Waals surface area contributed by atoms with E-state index in [1.165, 1.54) is 64.3 Å². The molecule has 34 heavy (non-hydrogen) atoms. The maximum Gasteiger partial charge on any atom is 0.329 e. The summed E-state index contributed by atoms with van der Waals surface area (Å²) in [4.78, 5) is 16.5. The lowest BCUT2D eigenvalue weighted by Crippen LogP contribution is -2.64. The lowest BCUT2D eigenvalue weighted by Gasteiger charge is -2.50. The van der Waals surface area contributed by atoms with Crippen molar-refractivity contribution in [3.8, 4) is 0 Å². The first-order valence-electron chi connectivity index (χ1n) is 14.2. The van der Waals surface area contributed by atoms with Crippen molar-refractivity contribution in [1.82, 2.24) is 25.6 Å². The number of carboxylic acids is 1. The molecule has 3 N–H and O–H groups in total. The van der Waals surface area contributed by atoms with Gasteiger partial charge >= 0.3 is 5.97 Å². The number of nitrogens with one attached hydrogen (secondary N) is 2. The van der Waals surface area contributed by atoms with Gasteiger partial charge in [-0.25, -0.2) is 9.80 Å². The highest BCUT2D eigenvalue weighted by Crippen LogP contribution is 2.35. The first-order chi connectivity index (χ1) is 16.7. The number of aliphatic carboxylic acids is 1. The Morgan fingerprint density at radius 1 is 0.882 bits per heavy atom. The molecule has 8 heteroatoms. The van der Waals surface area contributed by atoms with Gasteiger partial charge in [0.2, 0.25) is 0 Å². The van der Waals surface area contributed by atoms with Gasteiger partial charge in [0.25, 0.3) is 0 Å². The summed E-state index contributed by atoms with van der Waals surface area (Å²) >= 11 is 0. The summed E-state index contributed by atoms with van der Waals surface area (Å²) in [5, 5.41) is 15.6. The molecule has 0 aromatic carbocycles. The second kappa shape index (κ2) is 12.0. The monoisotopic (exact) mass is 477 g/mol. The Morgan fingerprint density at radius 2 is 1.76 bits per heavy atom. The van der Waals surface area contributed by atoms with Gasteiger partial charge < -0.3 is 20.1 Å². The topological polar surface area (TPSA) is 80.3 Å². The van der Waals surface area contributed by atoms with Crippen LogP contribution in [0.25, 0.3) is 0 Å². The van der Waals surface area contributed by atoms with Crippen LogP contribution in [0.1, 0.15) is 70.6 Å². The zero-order valence-electron chi connectivity index (χ0n) is 21.0. The molecule has 3 aliphatic heterocycles. The van der Waals surface area contributed by atoms with E-state index in [1.54, 1.807) is 0 Å². The normalized spacial score (nSPS) is 37.4. The van der Waals surface area contributed by atoms with E-state index in [9.17, 15) is 9.90 Å². The average molecular weight is 478 g/mol. The lowest BCUT2D eigenvalue weighted by molar-refractivity contribution is -0.148. The molecule has 0 spiro atoms. The van der Waals surface area contributed by atoms with E-state index in [0.29, 0.717) is 24.0 Å². The molecule has 194 valence electrons. The Balaban J connectivity index is 1.16. The summed E-state index contributed by atoms with van der Waals surface area (Å²) in [5.74, 6) is -0.151.